The number of nitrogens with one attached hydrogen (secondary N) is 1. The second-order valence-corrected chi connectivity index (χ2v) is 7.82. The molecule has 0 spiro atoms. The third kappa shape index (κ3) is 6.43. The highest BCUT2D eigenvalue weighted by atomic mass is 79.9. The van der Waals surface area contributed by atoms with Crippen molar-refractivity contribution in [2.45, 2.75) is 13.5 Å². The number of benzene rings is 3. The Morgan fingerprint density at radius 3 is 2.59 bits per heavy atom. The number of anilines is 1. The molecule has 0 saturated carbocycles. The number of nitro benzene ring substituents is 1. The van der Waals surface area contributed by atoms with Crippen LogP contribution in [0, 0.1) is 21.4 Å². The van der Waals surface area contributed by atoms with E-state index in [1.165, 1.54) is 30.3 Å². The maximum absolute atomic E-state index is 12.6. The van der Waals surface area contributed by atoms with E-state index in [2.05, 4.69) is 21.2 Å². The van der Waals surface area contributed by atoms with Gasteiger partial charge in [0, 0.05) is 17.8 Å². The quantitative estimate of drug-likeness (QED) is 0.162. The van der Waals surface area contributed by atoms with Crippen molar-refractivity contribution in [1.29, 1.82) is 5.26 Å². The minimum Gasteiger partial charge on any atom is -0.490 e. The molecule has 172 valence electrons. The van der Waals surface area contributed by atoms with Crippen molar-refractivity contribution in [3.63, 3.8) is 0 Å². The number of hydrogen-bond donors (Lipinski definition) is 1. The summed E-state index contributed by atoms with van der Waals surface area (Å²) in [7, 11) is 0. The molecule has 0 aliphatic carbocycles. The van der Waals surface area contributed by atoms with E-state index in [9.17, 15) is 20.2 Å². The molecule has 3 aromatic carbocycles. The zero-order valence-corrected chi connectivity index (χ0v) is 19.7. The first kappa shape index (κ1) is 24.5. The van der Waals surface area contributed by atoms with Crippen LogP contribution in [0.1, 0.15) is 18.1 Å². The van der Waals surface area contributed by atoms with Gasteiger partial charge >= 0.3 is 0 Å². The molecule has 0 fully saturated rings. The van der Waals surface area contributed by atoms with Gasteiger partial charge in [0.25, 0.3) is 11.6 Å². The van der Waals surface area contributed by atoms with Crippen molar-refractivity contribution in [1.82, 2.24) is 0 Å². The van der Waals surface area contributed by atoms with Crippen LogP contribution in [-0.2, 0) is 11.4 Å². The van der Waals surface area contributed by atoms with E-state index in [1.54, 1.807) is 12.1 Å². The average Bonchev–Trinajstić information content (AvgIpc) is 2.83. The standard InChI is InChI=1S/C25H20BrN3O5/c1-2-33-23-13-18(12-22(26)24(23)34-16-17-7-4-3-5-8-17)11-19(15-27)25(30)28-20-9-6-10-21(14-20)29(31)32/h3-14H,2,16H2,1H3,(H,28,30)/b19-11-. The Morgan fingerprint density at radius 1 is 1.15 bits per heavy atom. The number of nitro groups is 1. The molecule has 1 N–H and O–H groups in total. The molecule has 0 aliphatic heterocycles. The van der Waals surface area contributed by atoms with E-state index in [1.807, 2.05) is 43.3 Å². The number of hydrogen-bond acceptors (Lipinski definition) is 6. The number of halogens is 1. The van der Waals surface area contributed by atoms with Gasteiger partial charge in [-0.2, -0.15) is 5.26 Å². The van der Waals surface area contributed by atoms with E-state index < -0.39 is 10.8 Å². The van der Waals surface area contributed by atoms with E-state index in [4.69, 9.17) is 9.47 Å². The van der Waals surface area contributed by atoms with Crippen molar-refractivity contribution in [2.24, 2.45) is 0 Å². The van der Waals surface area contributed by atoms with Crippen LogP contribution in [-0.4, -0.2) is 17.4 Å². The highest BCUT2D eigenvalue weighted by Crippen LogP contribution is 2.38. The van der Waals surface area contributed by atoms with Gasteiger partial charge < -0.3 is 14.8 Å². The lowest BCUT2D eigenvalue weighted by molar-refractivity contribution is -0.384. The van der Waals surface area contributed by atoms with Gasteiger partial charge in [-0.3, -0.25) is 14.9 Å². The number of rotatable bonds is 9. The summed E-state index contributed by atoms with van der Waals surface area (Å²) >= 11 is 3.48. The molecule has 0 unspecified atom stereocenters. The van der Waals surface area contributed by atoms with Gasteiger partial charge in [-0.05, 0) is 58.3 Å². The highest BCUT2D eigenvalue weighted by Gasteiger charge is 2.15. The maximum atomic E-state index is 12.6. The van der Waals surface area contributed by atoms with Gasteiger partial charge in [-0.25, -0.2) is 0 Å². The Hall–Kier alpha value is -4.16. The first-order chi connectivity index (χ1) is 16.4. The van der Waals surface area contributed by atoms with E-state index in [0.717, 1.165) is 5.56 Å². The van der Waals surface area contributed by atoms with Crippen molar-refractivity contribution >= 4 is 39.3 Å². The predicted octanol–water partition coefficient (Wildman–Crippen LogP) is 5.88. The Bertz CT molecular complexity index is 1270. The molecule has 9 heteroatoms. The summed E-state index contributed by atoms with van der Waals surface area (Å²) in [6, 6.07) is 20.4. The Balaban J connectivity index is 1.84. The predicted molar refractivity (Wildman–Crippen MR) is 131 cm³/mol. The van der Waals surface area contributed by atoms with Crippen LogP contribution in [0.15, 0.2) is 76.8 Å². The van der Waals surface area contributed by atoms with Crippen LogP contribution in [0.4, 0.5) is 11.4 Å². The fourth-order valence-corrected chi connectivity index (χ4v) is 3.59. The lowest BCUT2D eigenvalue weighted by Crippen LogP contribution is -2.13. The fourth-order valence-electron chi connectivity index (χ4n) is 3.01. The van der Waals surface area contributed by atoms with Crippen LogP contribution < -0.4 is 14.8 Å². The lowest BCUT2D eigenvalue weighted by atomic mass is 10.1. The smallest absolute Gasteiger partial charge is 0.271 e. The van der Waals surface area contributed by atoms with Crippen LogP contribution in [0.5, 0.6) is 11.5 Å². The lowest BCUT2D eigenvalue weighted by Gasteiger charge is -2.15. The van der Waals surface area contributed by atoms with Gasteiger partial charge in [0.2, 0.25) is 0 Å². The van der Waals surface area contributed by atoms with Crippen LogP contribution in [0.25, 0.3) is 6.08 Å². The number of non-ortho nitro benzene ring substituents is 1. The van der Waals surface area contributed by atoms with Crippen molar-refractivity contribution in [3.8, 4) is 17.6 Å². The maximum Gasteiger partial charge on any atom is 0.271 e. The van der Waals surface area contributed by atoms with E-state index >= 15 is 0 Å². The Morgan fingerprint density at radius 2 is 1.91 bits per heavy atom. The third-order valence-corrected chi connectivity index (χ3v) is 5.14. The van der Waals surface area contributed by atoms with E-state index in [0.29, 0.717) is 34.7 Å². The van der Waals surface area contributed by atoms with Crippen LogP contribution >= 0.6 is 15.9 Å². The molecule has 0 aromatic heterocycles. The zero-order chi connectivity index (χ0) is 24.5. The zero-order valence-electron chi connectivity index (χ0n) is 18.2. The van der Waals surface area contributed by atoms with Crippen molar-refractivity contribution in [3.05, 3.63) is 98.0 Å². The summed E-state index contributed by atoms with van der Waals surface area (Å²) in [4.78, 5) is 23.0. The molecule has 0 heterocycles. The summed E-state index contributed by atoms with van der Waals surface area (Å²) in [6.07, 6.45) is 1.40. The number of carbonyl (C=O) groups is 1. The average molecular weight is 522 g/mol. The van der Waals surface area contributed by atoms with Crippen molar-refractivity contribution < 1.29 is 19.2 Å². The van der Waals surface area contributed by atoms with Gasteiger partial charge in [0.15, 0.2) is 11.5 Å². The SMILES string of the molecule is CCOc1cc(/C=C(/C#N)C(=O)Nc2cccc([N+](=O)[O-])c2)cc(Br)c1OCc1ccccc1. The molecule has 0 atom stereocenters. The number of ether oxygens (including phenoxy) is 2. The van der Waals surface area contributed by atoms with Crippen molar-refractivity contribution in [2.75, 3.05) is 11.9 Å². The minimum absolute atomic E-state index is 0.170. The summed E-state index contributed by atoms with van der Waals surface area (Å²) in [5, 5.41) is 23.0. The summed E-state index contributed by atoms with van der Waals surface area (Å²) in [6.45, 7) is 2.56. The molecular weight excluding hydrogens is 502 g/mol. The Kier molecular flexibility index (Phi) is 8.37. The normalized spacial score (nSPS) is 10.8. The minimum atomic E-state index is -0.693. The monoisotopic (exact) mass is 521 g/mol. The van der Waals surface area contributed by atoms with Gasteiger partial charge in [-0.1, -0.05) is 36.4 Å². The van der Waals surface area contributed by atoms with Crippen LogP contribution in [0.2, 0.25) is 0 Å². The van der Waals surface area contributed by atoms with E-state index in [-0.39, 0.29) is 16.9 Å². The largest absolute Gasteiger partial charge is 0.490 e. The Labute approximate surface area is 204 Å². The molecule has 0 aliphatic rings. The number of nitriles is 1. The number of amides is 1. The number of carbonyl (C=O) groups excluding carboxylic acids is 1. The highest BCUT2D eigenvalue weighted by molar-refractivity contribution is 9.10. The summed E-state index contributed by atoms with van der Waals surface area (Å²) in [5.74, 6) is 0.263. The topological polar surface area (TPSA) is 114 Å². The second-order valence-electron chi connectivity index (χ2n) is 6.97. The molecule has 1 amide bonds. The molecule has 0 radical (unpaired) electrons. The molecule has 3 aromatic rings. The third-order valence-electron chi connectivity index (χ3n) is 4.55. The fraction of sp³-hybridized carbons (Fsp3) is 0.120. The van der Waals surface area contributed by atoms with Crippen LogP contribution in [0.3, 0.4) is 0 Å². The van der Waals surface area contributed by atoms with Gasteiger partial charge in [-0.15, -0.1) is 0 Å². The summed E-state index contributed by atoms with van der Waals surface area (Å²) < 4.78 is 12.3. The molecule has 0 saturated heterocycles. The van der Waals surface area contributed by atoms with Gasteiger partial charge in [0.1, 0.15) is 18.2 Å². The first-order valence-electron chi connectivity index (χ1n) is 10.2. The molecule has 34 heavy (non-hydrogen) atoms. The molecule has 8 nitrogen and oxygen atoms in total. The summed E-state index contributed by atoms with van der Waals surface area (Å²) in [5.41, 5.74) is 1.38. The molecular formula is C25H20BrN3O5. The number of nitrogens with zero attached hydrogens (tertiary/aromatic N) is 2. The molecule has 3 rings (SSSR count). The van der Waals surface area contributed by atoms with Gasteiger partial charge in [0.05, 0.1) is 16.0 Å². The second kappa shape index (κ2) is 11.6. The molecule has 0 bridgehead atoms. The first-order valence-corrected chi connectivity index (χ1v) is 11.0.